The number of carbonyl (C=O) groups excluding carboxylic acids is 2. The number of carboxylic acids is 1. The third-order valence-electron chi connectivity index (χ3n) is 6.52. The predicted molar refractivity (Wildman–Crippen MR) is 124 cm³/mol. The zero-order valence-electron chi connectivity index (χ0n) is 20.6. The predicted octanol–water partition coefficient (Wildman–Crippen LogP) is 3.29. The van der Waals surface area contributed by atoms with Crippen molar-refractivity contribution in [2.75, 3.05) is 13.6 Å². The first-order chi connectivity index (χ1) is 14.4. The van der Waals surface area contributed by atoms with Crippen molar-refractivity contribution < 1.29 is 19.5 Å². The van der Waals surface area contributed by atoms with Gasteiger partial charge in [-0.2, -0.15) is 0 Å². The standard InChI is InChI=1S/C24H43N3O4/c1-9-17(6)21(25-22(28)19-12-10-11-13-27(19)16(4)5)23(29)26(8)20(15(2)3)14-18(7)24(30)31/h14-17,19-21H,9-13H2,1-8H3,(H,25,28)(H,30,31)/b18-14+/t17-,19-,20-,21-/m1/s1. The highest BCUT2D eigenvalue weighted by atomic mass is 16.4. The Kier molecular flexibility index (Phi) is 10.7. The average Bonchev–Trinajstić information content (AvgIpc) is 2.73. The normalized spacial score (nSPS) is 21.0. The molecule has 1 aliphatic heterocycles. The van der Waals surface area contributed by atoms with Gasteiger partial charge in [0, 0.05) is 18.7 Å². The maximum atomic E-state index is 13.5. The van der Waals surface area contributed by atoms with E-state index in [1.807, 2.05) is 27.7 Å². The van der Waals surface area contributed by atoms with Gasteiger partial charge in [0.1, 0.15) is 6.04 Å². The maximum Gasteiger partial charge on any atom is 0.331 e. The lowest BCUT2D eigenvalue weighted by Crippen LogP contribution is -2.59. The Labute approximate surface area is 188 Å². The van der Waals surface area contributed by atoms with Gasteiger partial charge in [-0.15, -0.1) is 0 Å². The average molecular weight is 438 g/mol. The number of hydrogen-bond donors (Lipinski definition) is 2. The summed E-state index contributed by atoms with van der Waals surface area (Å²) in [6, 6.07) is -0.952. The summed E-state index contributed by atoms with van der Waals surface area (Å²) >= 11 is 0. The first-order valence-corrected chi connectivity index (χ1v) is 11.7. The number of amides is 2. The maximum absolute atomic E-state index is 13.5. The van der Waals surface area contributed by atoms with Gasteiger partial charge in [-0.25, -0.2) is 4.79 Å². The van der Waals surface area contributed by atoms with Crippen molar-refractivity contribution >= 4 is 17.8 Å². The van der Waals surface area contributed by atoms with Crippen molar-refractivity contribution in [1.82, 2.24) is 15.1 Å². The largest absolute Gasteiger partial charge is 0.478 e. The Morgan fingerprint density at radius 2 is 1.77 bits per heavy atom. The van der Waals surface area contributed by atoms with Gasteiger partial charge >= 0.3 is 5.97 Å². The SMILES string of the molecule is CC[C@@H](C)[C@@H](NC(=O)[C@H]1CCCCN1C(C)C)C(=O)N(C)[C@H](/C=C(\C)C(=O)O)C(C)C. The van der Waals surface area contributed by atoms with Crippen LogP contribution in [0.1, 0.15) is 74.1 Å². The van der Waals surface area contributed by atoms with E-state index in [4.69, 9.17) is 0 Å². The zero-order chi connectivity index (χ0) is 23.9. The molecule has 0 unspecified atom stereocenters. The molecule has 0 aromatic rings. The summed E-state index contributed by atoms with van der Waals surface area (Å²) < 4.78 is 0. The summed E-state index contributed by atoms with van der Waals surface area (Å²) in [5, 5.41) is 12.3. The first-order valence-electron chi connectivity index (χ1n) is 11.7. The van der Waals surface area contributed by atoms with Crippen molar-refractivity contribution in [2.45, 2.75) is 98.3 Å². The molecule has 1 rings (SSSR count). The Balaban J connectivity index is 3.11. The summed E-state index contributed by atoms with van der Waals surface area (Å²) in [7, 11) is 1.70. The van der Waals surface area contributed by atoms with E-state index in [0.29, 0.717) is 0 Å². The molecule has 1 saturated heterocycles. The zero-order valence-corrected chi connectivity index (χ0v) is 20.6. The quantitative estimate of drug-likeness (QED) is 0.512. The van der Waals surface area contributed by atoms with Crippen molar-refractivity contribution in [3.63, 3.8) is 0 Å². The third-order valence-corrected chi connectivity index (χ3v) is 6.52. The fourth-order valence-corrected chi connectivity index (χ4v) is 4.23. The van der Waals surface area contributed by atoms with E-state index in [1.54, 1.807) is 18.0 Å². The van der Waals surface area contributed by atoms with E-state index in [1.165, 1.54) is 6.92 Å². The number of hydrogen-bond acceptors (Lipinski definition) is 4. The Bertz CT molecular complexity index is 659. The van der Waals surface area contributed by atoms with Crippen LogP contribution in [0.5, 0.6) is 0 Å². The fourth-order valence-electron chi connectivity index (χ4n) is 4.23. The number of carbonyl (C=O) groups is 3. The number of aliphatic carboxylic acids is 1. The van der Waals surface area contributed by atoms with Gasteiger partial charge in [-0.3, -0.25) is 14.5 Å². The number of rotatable bonds is 10. The molecule has 0 spiro atoms. The second-order valence-corrected chi connectivity index (χ2v) is 9.55. The molecule has 0 bridgehead atoms. The Morgan fingerprint density at radius 1 is 1.16 bits per heavy atom. The monoisotopic (exact) mass is 437 g/mol. The van der Waals surface area contributed by atoms with Crippen LogP contribution < -0.4 is 5.32 Å². The molecule has 2 N–H and O–H groups in total. The number of likely N-dealkylation sites (tertiary alicyclic amines) is 1. The fraction of sp³-hybridized carbons (Fsp3) is 0.792. The molecule has 7 nitrogen and oxygen atoms in total. The molecule has 31 heavy (non-hydrogen) atoms. The van der Waals surface area contributed by atoms with Crippen molar-refractivity contribution in [2.24, 2.45) is 11.8 Å². The molecule has 178 valence electrons. The van der Waals surface area contributed by atoms with Crippen molar-refractivity contribution in [3.05, 3.63) is 11.6 Å². The van der Waals surface area contributed by atoms with Crippen molar-refractivity contribution in [3.8, 4) is 0 Å². The van der Waals surface area contributed by atoms with E-state index < -0.39 is 12.0 Å². The van der Waals surface area contributed by atoms with Gasteiger partial charge in [0.25, 0.3) is 0 Å². The van der Waals surface area contributed by atoms with E-state index in [9.17, 15) is 19.5 Å². The molecule has 0 aromatic carbocycles. The molecule has 0 aromatic heterocycles. The van der Waals surface area contributed by atoms with Crippen LogP contribution in [0.3, 0.4) is 0 Å². The summed E-state index contributed by atoms with van der Waals surface area (Å²) in [5.41, 5.74) is 0.206. The Hall–Kier alpha value is -1.89. The van der Waals surface area contributed by atoms with E-state index >= 15 is 0 Å². The van der Waals surface area contributed by atoms with Crippen LogP contribution in [-0.2, 0) is 14.4 Å². The molecule has 0 radical (unpaired) electrons. The number of likely N-dealkylation sites (N-methyl/N-ethyl adjacent to an activating group) is 1. The van der Waals surface area contributed by atoms with Crippen LogP contribution in [0.25, 0.3) is 0 Å². The van der Waals surface area contributed by atoms with E-state index in [0.717, 1.165) is 32.2 Å². The highest BCUT2D eigenvalue weighted by Crippen LogP contribution is 2.22. The lowest BCUT2D eigenvalue weighted by Gasteiger charge is -2.39. The van der Waals surface area contributed by atoms with E-state index in [-0.39, 0.29) is 47.3 Å². The first kappa shape index (κ1) is 27.1. The summed E-state index contributed by atoms with van der Waals surface area (Å²) in [6.45, 7) is 14.5. The second-order valence-electron chi connectivity index (χ2n) is 9.55. The minimum atomic E-state index is -0.996. The molecule has 4 atom stereocenters. The van der Waals surface area contributed by atoms with Gasteiger partial charge in [0.15, 0.2) is 0 Å². The van der Waals surface area contributed by atoms with Gasteiger partial charge in [-0.05, 0) is 52.0 Å². The topological polar surface area (TPSA) is 90.0 Å². The van der Waals surface area contributed by atoms with Crippen LogP contribution in [0.4, 0.5) is 0 Å². The highest BCUT2D eigenvalue weighted by Gasteiger charge is 2.36. The van der Waals surface area contributed by atoms with Gasteiger partial charge in [-0.1, -0.05) is 46.6 Å². The molecule has 0 saturated carbocycles. The smallest absolute Gasteiger partial charge is 0.331 e. The van der Waals surface area contributed by atoms with Crippen LogP contribution in [0, 0.1) is 11.8 Å². The molecular weight excluding hydrogens is 394 g/mol. The van der Waals surface area contributed by atoms with Gasteiger partial charge < -0.3 is 15.3 Å². The van der Waals surface area contributed by atoms with E-state index in [2.05, 4.69) is 24.1 Å². The van der Waals surface area contributed by atoms with Crippen LogP contribution in [0.15, 0.2) is 11.6 Å². The second kappa shape index (κ2) is 12.2. The number of piperidine rings is 1. The highest BCUT2D eigenvalue weighted by molar-refractivity contribution is 5.90. The van der Waals surface area contributed by atoms with Crippen LogP contribution in [0.2, 0.25) is 0 Å². The lowest BCUT2D eigenvalue weighted by molar-refractivity contribution is -0.140. The number of nitrogens with one attached hydrogen (secondary N) is 1. The number of carboxylic acid groups (broad SMARTS) is 1. The summed E-state index contributed by atoms with van der Waals surface area (Å²) in [5.74, 6) is -1.26. The molecule has 1 heterocycles. The molecule has 1 aliphatic rings. The van der Waals surface area contributed by atoms with Crippen molar-refractivity contribution in [1.29, 1.82) is 0 Å². The summed E-state index contributed by atoms with van der Waals surface area (Å²) in [6.07, 6.45) is 5.28. The molecule has 7 heteroatoms. The summed E-state index contributed by atoms with van der Waals surface area (Å²) in [4.78, 5) is 41.8. The minimum Gasteiger partial charge on any atom is -0.478 e. The molecule has 0 aliphatic carbocycles. The molecule has 2 amide bonds. The molecular formula is C24H43N3O4. The van der Waals surface area contributed by atoms with Gasteiger partial charge in [0.2, 0.25) is 11.8 Å². The van der Waals surface area contributed by atoms with Crippen LogP contribution in [-0.4, -0.2) is 70.4 Å². The van der Waals surface area contributed by atoms with Gasteiger partial charge in [0.05, 0.1) is 12.1 Å². The lowest BCUT2D eigenvalue weighted by atomic mass is 9.93. The minimum absolute atomic E-state index is 0.0336. The third kappa shape index (κ3) is 7.34. The molecule has 1 fully saturated rings. The van der Waals surface area contributed by atoms with Crippen LogP contribution >= 0.6 is 0 Å². The number of nitrogens with zero attached hydrogens (tertiary/aromatic N) is 2. The Morgan fingerprint density at radius 3 is 2.26 bits per heavy atom.